The number of nitro groups is 2. The van der Waals surface area contributed by atoms with Gasteiger partial charge in [0.1, 0.15) is 0 Å². The minimum absolute atomic E-state index is 0.0167. The molecule has 2 aromatic rings. The molecule has 0 fully saturated rings. The highest BCUT2D eigenvalue weighted by molar-refractivity contribution is 6.06. The number of allylic oxidation sites excluding steroid dienone is 5. The van der Waals surface area contributed by atoms with E-state index in [1.165, 1.54) is 6.07 Å². The predicted octanol–water partition coefficient (Wildman–Crippen LogP) is 6.47. The third-order valence-corrected chi connectivity index (χ3v) is 7.96. The van der Waals surface area contributed by atoms with Crippen LogP contribution in [0.5, 0.6) is 17.2 Å². The Bertz CT molecular complexity index is 1540. The van der Waals surface area contributed by atoms with Crippen molar-refractivity contribution in [1.29, 1.82) is 0 Å². The van der Waals surface area contributed by atoms with Gasteiger partial charge in [-0.25, -0.2) is 0 Å². The number of hydrogen-bond acceptors (Lipinski definition) is 9. The molecule has 1 aliphatic heterocycles. The monoisotopic (exact) mass is 573 g/mol. The molecular weight excluding hydrogens is 542 g/mol. The topological polar surface area (TPSA) is 142 Å². The molecule has 0 spiro atoms. The Labute approximate surface area is 242 Å². The van der Waals surface area contributed by atoms with Gasteiger partial charge in [0.25, 0.3) is 5.69 Å². The van der Waals surface area contributed by atoms with Gasteiger partial charge in [-0.05, 0) is 56.7 Å². The van der Waals surface area contributed by atoms with Crippen molar-refractivity contribution >= 4 is 22.9 Å². The summed E-state index contributed by atoms with van der Waals surface area (Å²) in [5.74, 6) is -0.264. The van der Waals surface area contributed by atoms with Crippen LogP contribution in [0.4, 0.5) is 11.4 Å². The second-order valence-electron chi connectivity index (χ2n) is 10.5. The Morgan fingerprint density at radius 2 is 1.60 bits per heavy atom. The van der Waals surface area contributed by atoms with Crippen LogP contribution in [0.2, 0.25) is 0 Å². The molecule has 3 aliphatic rings. The van der Waals surface area contributed by atoms with Gasteiger partial charge in [0.15, 0.2) is 23.1 Å². The molecule has 2 aromatic carbocycles. The number of benzene rings is 2. The lowest BCUT2D eigenvalue weighted by Crippen LogP contribution is -2.37. The van der Waals surface area contributed by atoms with E-state index in [1.54, 1.807) is 19.1 Å². The van der Waals surface area contributed by atoms with E-state index in [9.17, 15) is 29.8 Å². The van der Waals surface area contributed by atoms with Crippen LogP contribution in [-0.2, 0) is 16.0 Å². The summed E-state index contributed by atoms with van der Waals surface area (Å²) >= 11 is 0. The molecule has 0 bridgehead atoms. The van der Waals surface area contributed by atoms with Gasteiger partial charge in [0.05, 0.1) is 22.5 Å². The zero-order valence-electron chi connectivity index (χ0n) is 23.5. The average molecular weight is 574 g/mol. The molecule has 0 aromatic heterocycles. The number of Topliss-reactive ketones (excluding diaryl/α,β-unsaturated/α-hetero) is 2. The number of ether oxygens (including phenoxy) is 2. The standard InChI is InChI=1S/C31H31N3O8/c1-4-8-18-15-19(28-29-21(9-6-11-24(29)35)32(3)22-10-7-12-25(36)30(22)28)16-27(41-5-2)31(18)42-26-14-13-20(33(37)38)17-23(26)34(39)40/h4,13-17,28H,1,5-12H2,2-3H3. The second-order valence-corrected chi connectivity index (χ2v) is 10.5. The molecule has 0 unspecified atom stereocenters. The third kappa shape index (κ3) is 5.06. The molecule has 11 heteroatoms. The van der Waals surface area contributed by atoms with Gasteiger partial charge in [0, 0.05) is 60.0 Å². The zero-order valence-corrected chi connectivity index (χ0v) is 23.5. The van der Waals surface area contributed by atoms with E-state index in [4.69, 9.17) is 9.47 Å². The Balaban J connectivity index is 1.71. The normalized spacial score (nSPS) is 17.1. The lowest BCUT2D eigenvalue weighted by atomic mass is 9.71. The fourth-order valence-corrected chi connectivity index (χ4v) is 6.18. The molecule has 0 atom stereocenters. The van der Waals surface area contributed by atoms with E-state index in [0.29, 0.717) is 35.1 Å². The fraction of sp³-hybridized carbons (Fsp3) is 0.355. The fourth-order valence-electron chi connectivity index (χ4n) is 6.18. The van der Waals surface area contributed by atoms with Crippen LogP contribution in [0.3, 0.4) is 0 Å². The van der Waals surface area contributed by atoms with E-state index in [-0.39, 0.29) is 41.8 Å². The maximum atomic E-state index is 13.4. The second kappa shape index (κ2) is 11.6. The molecule has 0 amide bonds. The van der Waals surface area contributed by atoms with Crippen molar-refractivity contribution < 1.29 is 28.9 Å². The van der Waals surface area contributed by atoms with Crippen LogP contribution < -0.4 is 9.47 Å². The van der Waals surface area contributed by atoms with Crippen LogP contribution in [0.1, 0.15) is 62.5 Å². The van der Waals surface area contributed by atoms with Gasteiger partial charge in [-0.1, -0.05) is 12.1 Å². The van der Waals surface area contributed by atoms with Crippen molar-refractivity contribution in [3.63, 3.8) is 0 Å². The van der Waals surface area contributed by atoms with Gasteiger partial charge in [-0.3, -0.25) is 29.8 Å². The number of carbonyl (C=O) groups excluding carboxylic acids is 2. The summed E-state index contributed by atoms with van der Waals surface area (Å²) in [7, 11) is 1.93. The van der Waals surface area contributed by atoms with E-state index in [0.717, 1.165) is 49.2 Å². The molecule has 11 nitrogen and oxygen atoms in total. The minimum atomic E-state index is -0.742. The summed E-state index contributed by atoms with van der Waals surface area (Å²) in [5.41, 5.74) is 3.40. The van der Waals surface area contributed by atoms with Crippen LogP contribution in [0, 0.1) is 20.2 Å². The highest BCUT2D eigenvalue weighted by Crippen LogP contribution is 2.51. The highest BCUT2D eigenvalue weighted by atomic mass is 16.6. The summed E-state index contributed by atoms with van der Waals surface area (Å²) in [4.78, 5) is 50.5. The number of non-ortho nitro benzene ring substituents is 1. The van der Waals surface area contributed by atoms with E-state index < -0.39 is 27.1 Å². The molecule has 218 valence electrons. The van der Waals surface area contributed by atoms with Crippen LogP contribution in [0.25, 0.3) is 0 Å². The van der Waals surface area contributed by atoms with Crippen molar-refractivity contribution in [2.24, 2.45) is 0 Å². The highest BCUT2D eigenvalue weighted by Gasteiger charge is 2.42. The Kier molecular flexibility index (Phi) is 7.93. The first-order chi connectivity index (χ1) is 20.2. The number of ketones is 2. The van der Waals surface area contributed by atoms with Crippen molar-refractivity contribution in [2.75, 3.05) is 13.7 Å². The largest absolute Gasteiger partial charge is 0.490 e. The zero-order chi connectivity index (χ0) is 30.1. The molecule has 0 radical (unpaired) electrons. The maximum Gasteiger partial charge on any atom is 0.318 e. The third-order valence-electron chi connectivity index (χ3n) is 7.96. The van der Waals surface area contributed by atoms with Crippen LogP contribution >= 0.6 is 0 Å². The summed E-state index contributed by atoms with van der Waals surface area (Å²) in [5, 5.41) is 23.0. The van der Waals surface area contributed by atoms with Crippen molar-refractivity contribution in [1.82, 2.24) is 4.90 Å². The molecule has 0 saturated heterocycles. The molecule has 0 N–H and O–H groups in total. The van der Waals surface area contributed by atoms with Gasteiger partial charge < -0.3 is 14.4 Å². The van der Waals surface area contributed by atoms with Gasteiger partial charge >= 0.3 is 5.69 Å². The first-order valence-electron chi connectivity index (χ1n) is 13.9. The molecule has 2 aliphatic carbocycles. The van der Waals surface area contributed by atoms with Crippen molar-refractivity contribution in [2.45, 2.75) is 57.8 Å². The first-order valence-corrected chi connectivity index (χ1v) is 13.9. The Hall–Kier alpha value is -4.80. The van der Waals surface area contributed by atoms with Crippen molar-refractivity contribution in [3.8, 4) is 17.2 Å². The number of nitro benzene ring substituents is 2. The van der Waals surface area contributed by atoms with Crippen molar-refractivity contribution in [3.05, 3.63) is 96.9 Å². The quantitative estimate of drug-likeness (QED) is 0.187. The lowest BCUT2D eigenvalue weighted by molar-refractivity contribution is -0.394. The van der Waals surface area contributed by atoms with Gasteiger partial charge in [0.2, 0.25) is 5.75 Å². The average Bonchev–Trinajstić information content (AvgIpc) is 2.96. The summed E-state index contributed by atoms with van der Waals surface area (Å²) in [6, 6.07) is 6.74. The number of nitrogens with zero attached hydrogens (tertiary/aromatic N) is 3. The van der Waals surface area contributed by atoms with E-state index in [1.807, 2.05) is 18.0 Å². The first kappa shape index (κ1) is 28.7. The molecule has 0 saturated carbocycles. The Morgan fingerprint density at radius 1 is 0.952 bits per heavy atom. The Morgan fingerprint density at radius 3 is 2.14 bits per heavy atom. The SMILES string of the molecule is C=CCc1cc(C2C3=C(CCCC3=O)N(C)C3=C2C(=O)CCC3)cc(OCC)c1Oc1ccc([N+](=O)[O-])cc1[N+](=O)[O-]. The maximum absolute atomic E-state index is 13.4. The smallest absolute Gasteiger partial charge is 0.318 e. The van der Waals surface area contributed by atoms with Gasteiger partial charge in [-0.2, -0.15) is 0 Å². The molecule has 5 rings (SSSR count). The summed E-state index contributed by atoms with van der Waals surface area (Å²) in [6.07, 6.45) is 5.72. The number of carbonyl (C=O) groups is 2. The van der Waals surface area contributed by atoms with Crippen LogP contribution in [0.15, 0.2) is 65.5 Å². The number of hydrogen-bond donors (Lipinski definition) is 0. The summed E-state index contributed by atoms with van der Waals surface area (Å²) < 4.78 is 12.1. The lowest BCUT2D eigenvalue weighted by Gasteiger charge is -2.42. The van der Waals surface area contributed by atoms with E-state index in [2.05, 4.69) is 6.58 Å². The summed E-state index contributed by atoms with van der Waals surface area (Å²) in [6.45, 7) is 5.87. The molecule has 42 heavy (non-hydrogen) atoms. The van der Waals surface area contributed by atoms with Gasteiger partial charge in [-0.15, -0.1) is 6.58 Å². The molecular formula is C31H31N3O8. The predicted molar refractivity (Wildman–Crippen MR) is 154 cm³/mol. The minimum Gasteiger partial charge on any atom is -0.490 e. The van der Waals surface area contributed by atoms with E-state index >= 15 is 0 Å². The molecule has 1 heterocycles. The van der Waals surface area contributed by atoms with Crippen LogP contribution in [-0.4, -0.2) is 40.0 Å². The number of rotatable bonds is 9.